The molecule has 0 aliphatic carbocycles. The zero-order valence-corrected chi connectivity index (χ0v) is 11.7. The van der Waals surface area contributed by atoms with Gasteiger partial charge in [0, 0.05) is 9.13 Å². The average Bonchev–Trinajstić information content (AvgIpc) is 2.34. The Labute approximate surface area is 115 Å². The van der Waals surface area contributed by atoms with E-state index in [1.807, 2.05) is 36.5 Å². The second-order valence-corrected chi connectivity index (χ2v) is 4.87. The first-order valence-electron chi connectivity index (χ1n) is 5.36. The lowest BCUT2D eigenvalue weighted by Crippen LogP contribution is -1.94. The number of benzene rings is 2. The molecule has 0 radical (unpaired) electrons. The zero-order valence-electron chi connectivity index (χ0n) is 9.52. The maximum Gasteiger partial charge on any atom is 0.0561 e. The van der Waals surface area contributed by atoms with Gasteiger partial charge in [0.2, 0.25) is 0 Å². The highest BCUT2D eigenvalue weighted by Crippen LogP contribution is 2.14. The molecule has 0 fully saturated rings. The molecule has 0 spiro atoms. The van der Waals surface area contributed by atoms with E-state index in [0.717, 1.165) is 11.3 Å². The van der Waals surface area contributed by atoms with Crippen molar-refractivity contribution >= 4 is 34.5 Å². The minimum Gasteiger partial charge on any atom is -0.279 e. The van der Waals surface area contributed by atoms with Gasteiger partial charge in [-0.05, 0) is 53.3 Å². The van der Waals surface area contributed by atoms with Gasteiger partial charge in [0.1, 0.15) is 0 Å². The highest BCUT2D eigenvalue weighted by molar-refractivity contribution is 14.1. The van der Waals surface area contributed by atoms with Crippen LogP contribution in [0.3, 0.4) is 0 Å². The highest BCUT2D eigenvalue weighted by atomic mass is 127. The molecule has 2 rings (SSSR count). The first-order valence-corrected chi connectivity index (χ1v) is 6.44. The van der Waals surface area contributed by atoms with Gasteiger partial charge in [-0.1, -0.05) is 30.3 Å². The van der Waals surface area contributed by atoms with Crippen LogP contribution in [0.15, 0.2) is 53.6 Å². The molecule has 0 aliphatic heterocycles. The fourth-order valence-corrected chi connectivity index (χ4v) is 2.26. The standard InChI is InChI=1S/C14H13IN2/c1-11-6-5-9-14(15)13(11)10-16-17-12-7-3-2-4-8-12/h2-10,17H,1H3. The van der Waals surface area contributed by atoms with Crippen LogP contribution in [0.4, 0.5) is 5.69 Å². The monoisotopic (exact) mass is 336 g/mol. The zero-order chi connectivity index (χ0) is 12.1. The fraction of sp³-hybridized carbons (Fsp3) is 0.0714. The molecule has 0 unspecified atom stereocenters. The second kappa shape index (κ2) is 5.82. The minimum absolute atomic E-state index is 0.993. The van der Waals surface area contributed by atoms with Crippen molar-refractivity contribution in [3.63, 3.8) is 0 Å². The fourth-order valence-electron chi connectivity index (χ4n) is 1.49. The summed E-state index contributed by atoms with van der Waals surface area (Å²) in [7, 11) is 0. The van der Waals surface area contributed by atoms with E-state index in [2.05, 4.69) is 58.2 Å². The smallest absolute Gasteiger partial charge is 0.0561 e. The third kappa shape index (κ3) is 3.30. The molecule has 0 amide bonds. The van der Waals surface area contributed by atoms with Crippen LogP contribution in [-0.4, -0.2) is 6.21 Å². The molecule has 1 N–H and O–H groups in total. The van der Waals surface area contributed by atoms with Crippen molar-refractivity contribution < 1.29 is 0 Å². The Bertz CT molecular complexity index is 501. The van der Waals surface area contributed by atoms with E-state index in [1.165, 1.54) is 9.13 Å². The molecule has 0 bridgehead atoms. The Hall–Kier alpha value is -1.36. The summed E-state index contributed by atoms with van der Waals surface area (Å²) < 4.78 is 1.21. The van der Waals surface area contributed by atoms with E-state index in [1.54, 1.807) is 0 Å². The van der Waals surface area contributed by atoms with Gasteiger partial charge in [-0.2, -0.15) is 5.10 Å². The van der Waals surface area contributed by atoms with Crippen LogP contribution >= 0.6 is 22.6 Å². The van der Waals surface area contributed by atoms with Gasteiger partial charge in [0.25, 0.3) is 0 Å². The normalized spacial score (nSPS) is 10.7. The Morgan fingerprint density at radius 1 is 1.06 bits per heavy atom. The van der Waals surface area contributed by atoms with Gasteiger partial charge < -0.3 is 0 Å². The van der Waals surface area contributed by atoms with Crippen LogP contribution < -0.4 is 5.43 Å². The molecule has 0 atom stereocenters. The second-order valence-electron chi connectivity index (χ2n) is 3.71. The number of rotatable bonds is 3. The lowest BCUT2D eigenvalue weighted by molar-refractivity contribution is 1.33. The number of nitrogens with one attached hydrogen (secondary N) is 1. The summed E-state index contributed by atoms with van der Waals surface area (Å²) in [6.07, 6.45) is 1.87. The van der Waals surface area contributed by atoms with Gasteiger partial charge in [0.15, 0.2) is 0 Å². The Balaban J connectivity index is 2.11. The van der Waals surface area contributed by atoms with Gasteiger partial charge >= 0.3 is 0 Å². The predicted molar refractivity (Wildman–Crippen MR) is 81.6 cm³/mol. The Kier molecular flexibility index (Phi) is 4.14. The van der Waals surface area contributed by atoms with Crippen molar-refractivity contribution in [2.75, 3.05) is 5.43 Å². The number of para-hydroxylation sites is 1. The maximum atomic E-state index is 4.25. The van der Waals surface area contributed by atoms with Crippen LogP contribution in [0.5, 0.6) is 0 Å². The van der Waals surface area contributed by atoms with Crippen LogP contribution in [0.1, 0.15) is 11.1 Å². The third-order valence-electron chi connectivity index (χ3n) is 2.43. The van der Waals surface area contributed by atoms with Gasteiger partial charge in [-0.25, -0.2) is 0 Å². The van der Waals surface area contributed by atoms with Crippen molar-refractivity contribution in [3.8, 4) is 0 Å². The van der Waals surface area contributed by atoms with E-state index in [9.17, 15) is 0 Å². The quantitative estimate of drug-likeness (QED) is 0.511. The van der Waals surface area contributed by atoms with Gasteiger partial charge in [-0.15, -0.1) is 0 Å². The predicted octanol–water partition coefficient (Wildman–Crippen LogP) is 4.05. The first-order chi connectivity index (χ1) is 8.27. The third-order valence-corrected chi connectivity index (χ3v) is 3.37. The SMILES string of the molecule is Cc1cccc(I)c1C=NNc1ccccc1. The number of hydrogen-bond acceptors (Lipinski definition) is 2. The number of hydrazone groups is 1. The van der Waals surface area contributed by atoms with E-state index in [-0.39, 0.29) is 0 Å². The molecule has 17 heavy (non-hydrogen) atoms. The summed E-state index contributed by atoms with van der Waals surface area (Å²) in [6, 6.07) is 16.1. The van der Waals surface area contributed by atoms with Crippen molar-refractivity contribution in [2.24, 2.45) is 5.10 Å². The molecule has 2 aromatic rings. The largest absolute Gasteiger partial charge is 0.279 e. The molecule has 0 saturated heterocycles. The van der Waals surface area contributed by atoms with Crippen LogP contribution in [0, 0.1) is 10.5 Å². The molecular weight excluding hydrogens is 323 g/mol. The van der Waals surface area contributed by atoms with Crippen LogP contribution in [-0.2, 0) is 0 Å². The Morgan fingerprint density at radius 2 is 1.82 bits per heavy atom. The first kappa shape index (κ1) is 12.1. The molecule has 0 aliphatic rings. The van der Waals surface area contributed by atoms with E-state index >= 15 is 0 Å². The molecular formula is C14H13IN2. The van der Waals surface area contributed by atoms with Gasteiger partial charge in [0.05, 0.1) is 11.9 Å². The molecule has 0 aromatic heterocycles. The molecule has 0 saturated carbocycles. The topological polar surface area (TPSA) is 24.4 Å². The summed E-state index contributed by atoms with van der Waals surface area (Å²) in [5.74, 6) is 0. The Morgan fingerprint density at radius 3 is 2.53 bits per heavy atom. The van der Waals surface area contributed by atoms with Crippen molar-refractivity contribution in [2.45, 2.75) is 6.92 Å². The number of aryl methyl sites for hydroxylation is 1. The summed E-state index contributed by atoms with van der Waals surface area (Å²) in [5.41, 5.74) is 6.40. The molecule has 2 nitrogen and oxygen atoms in total. The lowest BCUT2D eigenvalue weighted by atomic mass is 10.1. The molecule has 86 valence electrons. The van der Waals surface area contributed by atoms with Crippen molar-refractivity contribution in [1.82, 2.24) is 0 Å². The molecule has 2 aromatic carbocycles. The van der Waals surface area contributed by atoms with Crippen LogP contribution in [0.2, 0.25) is 0 Å². The number of anilines is 1. The minimum atomic E-state index is 0.993. The van der Waals surface area contributed by atoms with E-state index < -0.39 is 0 Å². The molecule has 3 heteroatoms. The van der Waals surface area contributed by atoms with Gasteiger partial charge in [-0.3, -0.25) is 5.43 Å². The maximum absolute atomic E-state index is 4.25. The highest BCUT2D eigenvalue weighted by Gasteiger charge is 1.99. The summed E-state index contributed by atoms with van der Waals surface area (Å²) >= 11 is 2.32. The van der Waals surface area contributed by atoms with Crippen molar-refractivity contribution in [1.29, 1.82) is 0 Å². The number of hydrogen-bond donors (Lipinski definition) is 1. The summed E-state index contributed by atoms with van der Waals surface area (Å²) in [6.45, 7) is 2.09. The van der Waals surface area contributed by atoms with Crippen LogP contribution in [0.25, 0.3) is 0 Å². The van der Waals surface area contributed by atoms with E-state index in [0.29, 0.717) is 0 Å². The summed E-state index contributed by atoms with van der Waals surface area (Å²) in [5, 5.41) is 4.25. The number of nitrogens with zero attached hydrogens (tertiary/aromatic N) is 1. The lowest BCUT2D eigenvalue weighted by Gasteiger charge is -2.03. The summed E-state index contributed by atoms with van der Waals surface area (Å²) in [4.78, 5) is 0. The molecule has 0 heterocycles. The van der Waals surface area contributed by atoms with Crippen molar-refractivity contribution in [3.05, 3.63) is 63.2 Å². The van der Waals surface area contributed by atoms with E-state index in [4.69, 9.17) is 0 Å². The average molecular weight is 336 g/mol. The number of halogens is 1.